The van der Waals surface area contributed by atoms with Crippen LogP contribution in [0.4, 0.5) is 0 Å². The van der Waals surface area contributed by atoms with Crippen molar-refractivity contribution in [3.05, 3.63) is 0 Å². The van der Waals surface area contributed by atoms with Crippen molar-refractivity contribution < 1.29 is 45.7 Å². The summed E-state index contributed by atoms with van der Waals surface area (Å²) in [5.41, 5.74) is 0. The van der Waals surface area contributed by atoms with Crippen molar-refractivity contribution in [2.75, 3.05) is 0 Å². The molecule has 0 rings (SSSR count). The minimum atomic E-state index is 0. The van der Waals surface area contributed by atoms with Crippen LogP contribution in [0.1, 0.15) is 26.2 Å². The number of carbonyl (C=O) groups excluding carboxylic acids is 1. The molecule has 0 saturated carbocycles. The van der Waals surface area contributed by atoms with Crippen LogP contribution in [0.2, 0.25) is 0 Å². The molecule has 1 nitrogen and oxygen atoms in total. The van der Waals surface area contributed by atoms with E-state index in [1.165, 1.54) is 0 Å². The first-order valence-electron chi connectivity index (χ1n) is 2.35. The van der Waals surface area contributed by atoms with Gasteiger partial charge in [-0.2, -0.15) is 0 Å². The summed E-state index contributed by atoms with van der Waals surface area (Å²) in [5.74, 6) is 0. The molecule has 0 amide bonds. The zero-order valence-electron chi connectivity index (χ0n) is 4.86. The topological polar surface area (TPSA) is 17.1 Å². The predicted molar refractivity (Wildman–Crippen MR) is 25.6 cm³/mol. The molecule has 0 aromatic carbocycles. The predicted octanol–water partition coefficient (Wildman–Crippen LogP) is 1.37. The Hall–Kier alpha value is 0.995. The summed E-state index contributed by atoms with van der Waals surface area (Å²) in [4.78, 5) is 9.56. The molecule has 0 N–H and O–H groups in total. The van der Waals surface area contributed by atoms with Gasteiger partial charge in [-0.3, -0.25) is 0 Å². The molecule has 3 heteroatoms. The monoisotopic (exact) mass is 244 g/mol. The number of unbranched alkanes of at least 4 members (excludes halogenated alkanes) is 2. The maximum Gasteiger partial charge on any atom is 0.119 e. The molecule has 0 aliphatic carbocycles. The van der Waals surface area contributed by atoms with E-state index >= 15 is 0 Å². The van der Waals surface area contributed by atoms with Gasteiger partial charge in [0.25, 0.3) is 0 Å². The second-order valence-corrected chi connectivity index (χ2v) is 1.31. The first-order chi connectivity index (χ1) is 2.91. The molecule has 0 aromatic rings. The SMILES string of the molecule is CCCCC=O.[Ag].[V]. The van der Waals surface area contributed by atoms with E-state index in [0.29, 0.717) is 0 Å². The van der Waals surface area contributed by atoms with Crippen molar-refractivity contribution in [1.29, 1.82) is 0 Å². The van der Waals surface area contributed by atoms with Crippen LogP contribution in [-0.4, -0.2) is 6.29 Å². The van der Waals surface area contributed by atoms with Crippen molar-refractivity contribution in [3.63, 3.8) is 0 Å². The van der Waals surface area contributed by atoms with Crippen LogP contribution in [0.3, 0.4) is 0 Å². The van der Waals surface area contributed by atoms with E-state index in [0.717, 1.165) is 25.5 Å². The van der Waals surface area contributed by atoms with Gasteiger partial charge in [0.1, 0.15) is 6.29 Å². The fourth-order valence-electron chi connectivity index (χ4n) is 0.287. The second-order valence-electron chi connectivity index (χ2n) is 1.31. The summed E-state index contributed by atoms with van der Waals surface area (Å²) in [7, 11) is 0. The Morgan fingerprint density at radius 3 is 2.12 bits per heavy atom. The Kier molecular flexibility index (Phi) is 31.4. The van der Waals surface area contributed by atoms with Crippen molar-refractivity contribution in [3.8, 4) is 0 Å². The summed E-state index contributed by atoms with van der Waals surface area (Å²) in [5, 5.41) is 0. The van der Waals surface area contributed by atoms with Crippen LogP contribution < -0.4 is 0 Å². The van der Waals surface area contributed by atoms with E-state index in [1.807, 2.05) is 0 Å². The van der Waals surface area contributed by atoms with E-state index in [4.69, 9.17) is 0 Å². The molecule has 8 heavy (non-hydrogen) atoms. The van der Waals surface area contributed by atoms with Gasteiger partial charge in [0.15, 0.2) is 0 Å². The number of hydrogen-bond acceptors (Lipinski definition) is 1. The van der Waals surface area contributed by atoms with Gasteiger partial charge in [-0.05, 0) is 6.42 Å². The fraction of sp³-hybridized carbons (Fsp3) is 0.800. The van der Waals surface area contributed by atoms with Gasteiger partial charge in [-0.1, -0.05) is 13.3 Å². The Bertz CT molecular complexity index is 41.4. The van der Waals surface area contributed by atoms with Crippen molar-refractivity contribution in [1.82, 2.24) is 0 Å². The molecular formula is C5H10AgOV. The van der Waals surface area contributed by atoms with Crippen LogP contribution in [0, 0.1) is 0 Å². The Morgan fingerprint density at radius 2 is 2.00 bits per heavy atom. The quantitative estimate of drug-likeness (QED) is 0.417. The van der Waals surface area contributed by atoms with Gasteiger partial charge >= 0.3 is 0 Å². The zero-order chi connectivity index (χ0) is 4.83. The number of aldehydes is 1. The maximum atomic E-state index is 9.56. The standard InChI is InChI=1S/C5H10O.Ag.V/c1-2-3-4-5-6;;/h5H,2-4H2,1H3;;. The number of rotatable bonds is 3. The van der Waals surface area contributed by atoms with Gasteiger partial charge < -0.3 is 4.79 Å². The molecule has 0 bridgehead atoms. The van der Waals surface area contributed by atoms with Gasteiger partial charge in [-0.15, -0.1) is 0 Å². The van der Waals surface area contributed by atoms with Crippen molar-refractivity contribution in [2.24, 2.45) is 0 Å². The summed E-state index contributed by atoms with van der Waals surface area (Å²) in [6.07, 6.45) is 3.86. The van der Waals surface area contributed by atoms with Gasteiger partial charge in [0.2, 0.25) is 0 Å². The average molecular weight is 245 g/mol. The Balaban J connectivity index is -0.000000125. The largest absolute Gasteiger partial charge is 0.303 e. The van der Waals surface area contributed by atoms with Crippen LogP contribution in [-0.2, 0) is 45.7 Å². The zero-order valence-corrected chi connectivity index (χ0v) is 7.73. The molecule has 0 aromatic heterocycles. The van der Waals surface area contributed by atoms with Crippen LogP contribution >= 0.6 is 0 Å². The smallest absolute Gasteiger partial charge is 0.119 e. The molecular weight excluding hydrogens is 235 g/mol. The van der Waals surface area contributed by atoms with Crippen LogP contribution in [0.25, 0.3) is 0 Å². The average Bonchev–Trinajstić information content (AvgIpc) is 1.61. The van der Waals surface area contributed by atoms with Crippen molar-refractivity contribution in [2.45, 2.75) is 26.2 Å². The van der Waals surface area contributed by atoms with E-state index in [1.54, 1.807) is 0 Å². The molecule has 0 unspecified atom stereocenters. The van der Waals surface area contributed by atoms with Crippen molar-refractivity contribution >= 4 is 6.29 Å². The summed E-state index contributed by atoms with van der Waals surface area (Å²) in [6.45, 7) is 2.07. The van der Waals surface area contributed by atoms with Gasteiger partial charge in [0, 0.05) is 47.4 Å². The summed E-state index contributed by atoms with van der Waals surface area (Å²) >= 11 is 0. The molecule has 0 spiro atoms. The van der Waals surface area contributed by atoms with E-state index < -0.39 is 0 Å². The minimum absolute atomic E-state index is 0. The molecule has 52 valence electrons. The molecule has 0 saturated heterocycles. The molecule has 2 radical (unpaired) electrons. The molecule has 0 heterocycles. The first-order valence-corrected chi connectivity index (χ1v) is 2.35. The first kappa shape index (κ1) is 16.0. The summed E-state index contributed by atoms with van der Waals surface area (Å²) in [6, 6.07) is 0. The van der Waals surface area contributed by atoms with Crippen LogP contribution in [0.5, 0.6) is 0 Å². The molecule has 0 fully saturated rings. The normalized spacial score (nSPS) is 6.12. The van der Waals surface area contributed by atoms with Gasteiger partial charge in [-0.25, -0.2) is 0 Å². The maximum absolute atomic E-state index is 9.56. The van der Waals surface area contributed by atoms with Gasteiger partial charge in [0.05, 0.1) is 0 Å². The molecule has 0 aliphatic heterocycles. The van der Waals surface area contributed by atoms with E-state index in [2.05, 4.69) is 6.92 Å². The number of carbonyl (C=O) groups is 1. The molecule has 0 aliphatic rings. The summed E-state index contributed by atoms with van der Waals surface area (Å²) < 4.78 is 0. The molecule has 0 atom stereocenters. The minimum Gasteiger partial charge on any atom is -0.303 e. The van der Waals surface area contributed by atoms with E-state index in [-0.39, 0.29) is 40.9 Å². The van der Waals surface area contributed by atoms with E-state index in [9.17, 15) is 4.79 Å². The third kappa shape index (κ3) is 15.8. The third-order valence-electron chi connectivity index (χ3n) is 0.676. The number of hydrogen-bond donors (Lipinski definition) is 0. The van der Waals surface area contributed by atoms with Crippen LogP contribution in [0.15, 0.2) is 0 Å². The third-order valence-corrected chi connectivity index (χ3v) is 0.676. The second kappa shape index (κ2) is 15.7. The Morgan fingerprint density at radius 1 is 1.50 bits per heavy atom. The Labute approximate surface area is 78.0 Å². The fourth-order valence-corrected chi connectivity index (χ4v) is 0.287.